The summed E-state index contributed by atoms with van der Waals surface area (Å²) >= 11 is 1.75. The molecule has 2 N–H and O–H groups in total. The molecule has 1 unspecified atom stereocenters. The maximum absolute atomic E-state index is 11.0. The normalized spacial score (nSPS) is 12.2. The molecule has 0 saturated carbocycles. The van der Waals surface area contributed by atoms with Crippen LogP contribution in [0.5, 0.6) is 0 Å². The number of thioether (sulfide) groups is 1. The Kier molecular flexibility index (Phi) is 19.5. The summed E-state index contributed by atoms with van der Waals surface area (Å²) in [7, 11) is 0. The van der Waals surface area contributed by atoms with Crippen LogP contribution in [-0.2, 0) is 9.59 Å². The SMILES string of the molecule is CCCCCCCCCCCCCCCCSCCC(CC(=O)O)C(=O)O. The minimum atomic E-state index is -1.03. The van der Waals surface area contributed by atoms with Crippen LogP contribution in [-0.4, -0.2) is 33.7 Å². The van der Waals surface area contributed by atoms with Crippen molar-refractivity contribution in [1.82, 2.24) is 0 Å². The Morgan fingerprint density at radius 2 is 1.15 bits per heavy atom. The van der Waals surface area contributed by atoms with Gasteiger partial charge in [0.25, 0.3) is 0 Å². The lowest BCUT2D eigenvalue weighted by molar-refractivity contribution is -0.148. The van der Waals surface area contributed by atoms with Gasteiger partial charge in [0.05, 0.1) is 12.3 Å². The van der Waals surface area contributed by atoms with Crippen LogP contribution < -0.4 is 0 Å². The molecule has 0 radical (unpaired) electrons. The summed E-state index contributed by atoms with van der Waals surface area (Å²) in [6.07, 6.45) is 19.2. The second-order valence-electron chi connectivity index (χ2n) is 7.63. The van der Waals surface area contributed by atoms with Crippen molar-refractivity contribution >= 4 is 23.7 Å². The average Bonchev–Trinajstić information content (AvgIpc) is 2.62. The van der Waals surface area contributed by atoms with Crippen LogP contribution in [0.4, 0.5) is 0 Å². The Balaban J connectivity index is 3.24. The van der Waals surface area contributed by atoms with Crippen molar-refractivity contribution in [2.24, 2.45) is 5.92 Å². The van der Waals surface area contributed by atoms with Gasteiger partial charge in [-0.15, -0.1) is 0 Å². The summed E-state index contributed by atoms with van der Waals surface area (Å²) in [5, 5.41) is 17.7. The predicted octanol–water partition coefficient (Wildman–Crippen LogP) is 6.77. The van der Waals surface area contributed by atoms with Crippen LogP contribution in [0.3, 0.4) is 0 Å². The van der Waals surface area contributed by atoms with Gasteiger partial charge in [-0.3, -0.25) is 9.59 Å². The van der Waals surface area contributed by atoms with Crippen LogP contribution in [0.1, 0.15) is 110 Å². The van der Waals surface area contributed by atoms with Crippen molar-refractivity contribution in [3.05, 3.63) is 0 Å². The minimum absolute atomic E-state index is 0.269. The molecule has 0 aliphatic heterocycles. The monoisotopic (exact) mass is 402 g/mol. The van der Waals surface area contributed by atoms with Crippen molar-refractivity contribution in [1.29, 1.82) is 0 Å². The van der Waals surface area contributed by atoms with Gasteiger partial charge in [-0.2, -0.15) is 11.8 Å². The third kappa shape index (κ3) is 19.8. The molecule has 0 bridgehead atoms. The largest absolute Gasteiger partial charge is 0.481 e. The summed E-state index contributed by atoms with van der Waals surface area (Å²) in [5.41, 5.74) is 0. The lowest BCUT2D eigenvalue weighted by Crippen LogP contribution is -2.18. The molecule has 0 aliphatic carbocycles. The van der Waals surface area contributed by atoms with E-state index in [1.165, 1.54) is 89.9 Å². The average molecular weight is 403 g/mol. The number of carbonyl (C=O) groups is 2. The Morgan fingerprint density at radius 3 is 1.56 bits per heavy atom. The predicted molar refractivity (Wildman–Crippen MR) is 116 cm³/mol. The van der Waals surface area contributed by atoms with Gasteiger partial charge in [0, 0.05) is 0 Å². The fraction of sp³-hybridized carbons (Fsp3) is 0.909. The summed E-state index contributed by atoms with van der Waals surface area (Å²) in [6.45, 7) is 2.26. The second kappa shape index (κ2) is 20.0. The first-order chi connectivity index (χ1) is 13.1. The number of hydrogen-bond acceptors (Lipinski definition) is 3. The third-order valence-corrected chi connectivity index (χ3v) is 6.12. The van der Waals surface area contributed by atoms with Crippen LogP contribution in [0.15, 0.2) is 0 Å². The highest BCUT2D eigenvalue weighted by molar-refractivity contribution is 7.99. The molecule has 0 saturated heterocycles. The molecule has 0 amide bonds. The second-order valence-corrected chi connectivity index (χ2v) is 8.86. The topological polar surface area (TPSA) is 74.6 Å². The van der Waals surface area contributed by atoms with Crippen molar-refractivity contribution in [3.8, 4) is 0 Å². The Bertz CT molecular complexity index is 360. The summed E-state index contributed by atoms with van der Waals surface area (Å²) in [5.74, 6) is -0.972. The maximum Gasteiger partial charge on any atom is 0.307 e. The van der Waals surface area contributed by atoms with Gasteiger partial charge < -0.3 is 10.2 Å². The molecule has 160 valence electrons. The van der Waals surface area contributed by atoms with E-state index in [4.69, 9.17) is 10.2 Å². The summed E-state index contributed by atoms with van der Waals surface area (Å²) in [6, 6.07) is 0. The molecule has 0 spiro atoms. The van der Waals surface area contributed by atoms with Crippen molar-refractivity contribution in [2.75, 3.05) is 11.5 Å². The van der Waals surface area contributed by atoms with Crippen molar-refractivity contribution < 1.29 is 19.8 Å². The fourth-order valence-electron chi connectivity index (χ4n) is 3.25. The standard InChI is InChI=1S/C22H42O4S/c1-2-3-4-5-6-7-8-9-10-11-12-13-14-15-17-27-18-16-20(22(25)26)19-21(23)24/h20H,2-19H2,1H3,(H,23,24)(H,25,26). The Labute approximate surface area is 170 Å². The van der Waals surface area contributed by atoms with E-state index in [2.05, 4.69) is 6.92 Å². The van der Waals surface area contributed by atoms with E-state index in [9.17, 15) is 9.59 Å². The van der Waals surface area contributed by atoms with Crippen LogP contribution in [0.25, 0.3) is 0 Å². The molecule has 4 nitrogen and oxygen atoms in total. The van der Waals surface area contributed by atoms with Gasteiger partial charge in [-0.25, -0.2) is 0 Å². The number of unbranched alkanes of at least 4 members (excludes halogenated alkanes) is 13. The molecule has 0 aromatic carbocycles. The zero-order valence-electron chi connectivity index (χ0n) is 17.4. The highest BCUT2D eigenvalue weighted by atomic mass is 32.2. The Hall–Kier alpha value is -0.710. The molecule has 0 aromatic rings. The number of aliphatic carboxylic acids is 2. The molecule has 0 aliphatic rings. The zero-order valence-corrected chi connectivity index (χ0v) is 18.2. The van der Waals surface area contributed by atoms with E-state index < -0.39 is 17.9 Å². The van der Waals surface area contributed by atoms with Gasteiger partial charge in [-0.05, 0) is 24.3 Å². The summed E-state index contributed by atoms with van der Waals surface area (Å²) < 4.78 is 0. The van der Waals surface area contributed by atoms with Crippen LogP contribution in [0.2, 0.25) is 0 Å². The fourth-order valence-corrected chi connectivity index (χ4v) is 4.31. The van der Waals surface area contributed by atoms with Gasteiger partial charge in [0.1, 0.15) is 0 Å². The van der Waals surface area contributed by atoms with E-state index in [-0.39, 0.29) is 6.42 Å². The number of carboxylic acids is 2. The van der Waals surface area contributed by atoms with E-state index in [1.54, 1.807) is 11.8 Å². The van der Waals surface area contributed by atoms with E-state index in [1.807, 2.05) is 0 Å². The Morgan fingerprint density at radius 1 is 0.704 bits per heavy atom. The van der Waals surface area contributed by atoms with E-state index in [0.29, 0.717) is 6.42 Å². The van der Waals surface area contributed by atoms with Crippen LogP contribution in [0, 0.1) is 5.92 Å². The highest BCUT2D eigenvalue weighted by Crippen LogP contribution is 2.17. The summed E-state index contributed by atoms with van der Waals surface area (Å²) in [4.78, 5) is 21.6. The first-order valence-corrected chi connectivity index (χ1v) is 12.3. The minimum Gasteiger partial charge on any atom is -0.481 e. The molecular weight excluding hydrogens is 360 g/mol. The first-order valence-electron chi connectivity index (χ1n) is 11.1. The molecule has 1 atom stereocenters. The lowest BCUT2D eigenvalue weighted by Gasteiger charge is -2.09. The van der Waals surface area contributed by atoms with Gasteiger partial charge in [0.15, 0.2) is 0 Å². The van der Waals surface area contributed by atoms with E-state index in [0.717, 1.165) is 11.5 Å². The molecular formula is C22H42O4S. The van der Waals surface area contributed by atoms with Crippen molar-refractivity contribution in [3.63, 3.8) is 0 Å². The maximum atomic E-state index is 11.0. The van der Waals surface area contributed by atoms with Crippen molar-refractivity contribution in [2.45, 2.75) is 110 Å². The smallest absolute Gasteiger partial charge is 0.307 e. The molecule has 27 heavy (non-hydrogen) atoms. The quantitative estimate of drug-likeness (QED) is 0.207. The number of rotatable bonds is 21. The molecule has 0 aromatic heterocycles. The lowest BCUT2D eigenvalue weighted by atomic mass is 10.0. The zero-order chi connectivity index (χ0) is 20.2. The van der Waals surface area contributed by atoms with E-state index >= 15 is 0 Å². The molecule has 0 fully saturated rings. The van der Waals surface area contributed by atoms with Gasteiger partial charge in [0.2, 0.25) is 0 Å². The van der Waals surface area contributed by atoms with Gasteiger partial charge >= 0.3 is 11.9 Å². The third-order valence-electron chi connectivity index (χ3n) is 5.02. The first kappa shape index (κ1) is 26.3. The number of hydrogen-bond donors (Lipinski definition) is 2. The molecule has 0 rings (SSSR count). The molecule has 0 heterocycles. The van der Waals surface area contributed by atoms with Gasteiger partial charge in [-0.1, -0.05) is 90.4 Å². The highest BCUT2D eigenvalue weighted by Gasteiger charge is 2.20. The van der Waals surface area contributed by atoms with Crippen LogP contribution >= 0.6 is 11.8 Å². The molecule has 5 heteroatoms. The number of carboxylic acid groups (broad SMARTS) is 2.